The quantitative estimate of drug-likeness (QED) is 0.321. The van der Waals surface area contributed by atoms with Crippen molar-refractivity contribution < 1.29 is 29.0 Å². The number of aromatic hydroxyl groups is 1. The van der Waals surface area contributed by atoms with E-state index in [2.05, 4.69) is 15.9 Å². The number of amides is 2. The summed E-state index contributed by atoms with van der Waals surface area (Å²) in [5, 5.41) is 10.9. The highest BCUT2D eigenvalue weighted by Crippen LogP contribution is 2.56. The number of hydrogen-bond acceptors (Lipinski definition) is 6. The average Bonchev–Trinajstić information content (AvgIpc) is 3.17. The molecule has 4 atom stereocenters. The third-order valence-electron chi connectivity index (χ3n) is 8.20. The van der Waals surface area contributed by atoms with Gasteiger partial charge in [-0.2, -0.15) is 0 Å². The minimum Gasteiger partial charge on any atom is -0.508 e. The van der Waals surface area contributed by atoms with Gasteiger partial charge in [0.15, 0.2) is 11.6 Å². The number of fused-ring (bicyclic) bond motifs is 3. The Morgan fingerprint density at radius 2 is 1.74 bits per heavy atom. The molecular formula is C30H24BrNO6. The van der Waals surface area contributed by atoms with Crippen LogP contribution in [0, 0.1) is 17.8 Å². The zero-order valence-corrected chi connectivity index (χ0v) is 22.3. The number of Topliss-reactive ketones (excluding diaryl/α,β-unsaturated/α-hetero) is 1. The molecule has 1 saturated heterocycles. The Hall–Kier alpha value is -3.78. The first-order valence-electron chi connectivity index (χ1n) is 12.4. The van der Waals surface area contributed by atoms with Gasteiger partial charge in [0, 0.05) is 32.7 Å². The van der Waals surface area contributed by atoms with Crippen LogP contribution in [0.3, 0.4) is 0 Å². The van der Waals surface area contributed by atoms with E-state index in [1.165, 1.54) is 24.2 Å². The Bertz CT molecular complexity index is 1530. The maximum Gasteiger partial charge on any atom is 0.238 e. The molecule has 4 unspecified atom stereocenters. The van der Waals surface area contributed by atoms with Crippen LogP contribution in [0.1, 0.15) is 31.2 Å². The molecule has 4 aliphatic rings. The summed E-state index contributed by atoms with van der Waals surface area (Å²) in [7, 11) is 1.51. The van der Waals surface area contributed by atoms with Gasteiger partial charge in [0.25, 0.3) is 0 Å². The summed E-state index contributed by atoms with van der Waals surface area (Å²) in [4.78, 5) is 55.4. The number of carbonyl (C=O) groups is 4. The molecule has 0 saturated carbocycles. The molecule has 8 heteroatoms. The van der Waals surface area contributed by atoms with Crippen molar-refractivity contribution in [2.24, 2.45) is 17.8 Å². The zero-order valence-electron chi connectivity index (χ0n) is 20.7. The van der Waals surface area contributed by atoms with Crippen LogP contribution in [-0.2, 0) is 19.2 Å². The van der Waals surface area contributed by atoms with Crippen molar-refractivity contribution in [3.8, 4) is 11.5 Å². The molecule has 1 fully saturated rings. The van der Waals surface area contributed by atoms with Crippen LogP contribution >= 0.6 is 15.9 Å². The maximum absolute atomic E-state index is 13.9. The zero-order chi connectivity index (χ0) is 26.9. The molecule has 2 aromatic rings. The number of phenolic OH excluding ortho intramolecular Hbond substituents is 1. The fraction of sp³-hybridized carbons (Fsp3) is 0.267. The number of nitrogens with zero attached hydrogens (tertiary/aromatic N) is 1. The van der Waals surface area contributed by atoms with Crippen LogP contribution in [0.2, 0.25) is 0 Å². The number of allylic oxidation sites excluding steroid dienone is 6. The number of imide groups is 1. The topological polar surface area (TPSA) is 101 Å². The molecule has 0 radical (unpaired) electrons. The molecule has 2 amide bonds. The van der Waals surface area contributed by atoms with E-state index in [1.54, 1.807) is 43.3 Å². The predicted octanol–water partition coefficient (Wildman–Crippen LogP) is 4.80. The van der Waals surface area contributed by atoms with Crippen LogP contribution in [0.15, 0.2) is 81.4 Å². The fourth-order valence-corrected chi connectivity index (χ4v) is 6.72. The Labute approximate surface area is 227 Å². The molecule has 2 aromatic carbocycles. The van der Waals surface area contributed by atoms with Gasteiger partial charge < -0.3 is 9.84 Å². The average molecular weight is 574 g/mol. The first-order valence-corrected chi connectivity index (χ1v) is 13.2. The molecule has 7 nitrogen and oxygen atoms in total. The lowest BCUT2D eigenvalue weighted by molar-refractivity contribution is -0.123. The SMILES string of the molecule is COc1ccc(O)c(C2C3=CCC4C(=O)N(c5ccc(Br)cc5)C(=O)C4C3CC3=C2C(=O)C(C)=CC3=O)c1. The van der Waals surface area contributed by atoms with Crippen molar-refractivity contribution in [3.63, 3.8) is 0 Å². The summed E-state index contributed by atoms with van der Waals surface area (Å²) in [6, 6.07) is 11.8. The van der Waals surface area contributed by atoms with E-state index in [9.17, 15) is 24.3 Å². The lowest BCUT2D eigenvalue weighted by Gasteiger charge is -2.42. The lowest BCUT2D eigenvalue weighted by atomic mass is 9.59. The number of anilines is 1. The second-order valence-corrected chi connectivity index (χ2v) is 11.1. The summed E-state index contributed by atoms with van der Waals surface area (Å²) >= 11 is 3.39. The van der Waals surface area contributed by atoms with Crippen LogP contribution in [0.5, 0.6) is 11.5 Å². The number of methoxy groups -OCH3 is 1. The van der Waals surface area contributed by atoms with Crippen molar-refractivity contribution in [3.05, 3.63) is 86.9 Å². The lowest BCUT2D eigenvalue weighted by Crippen LogP contribution is -2.39. The first-order chi connectivity index (χ1) is 18.2. The fourth-order valence-electron chi connectivity index (χ4n) is 6.45. The van der Waals surface area contributed by atoms with Gasteiger partial charge in [-0.15, -0.1) is 0 Å². The van der Waals surface area contributed by atoms with Gasteiger partial charge in [0.05, 0.1) is 24.6 Å². The minimum absolute atomic E-state index is 0.0379. The smallest absolute Gasteiger partial charge is 0.238 e. The number of phenols is 1. The number of hydrogen-bond donors (Lipinski definition) is 1. The van der Waals surface area contributed by atoms with E-state index < -0.39 is 23.7 Å². The largest absolute Gasteiger partial charge is 0.508 e. The maximum atomic E-state index is 13.9. The van der Waals surface area contributed by atoms with Gasteiger partial charge in [0.2, 0.25) is 11.8 Å². The van der Waals surface area contributed by atoms with Crippen LogP contribution in [0.4, 0.5) is 5.69 Å². The second kappa shape index (κ2) is 8.91. The van der Waals surface area contributed by atoms with Gasteiger partial charge in [-0.25, -0.2) is 0 Å². The normalized spacial score (nSPS) is 26.6. The summed E-state index contributed by atoms with van der Waals surface area (Å²) in [5.74, 6) is -3.08. The highest BCUT2D eigenvalue weighted by atomic mass is 79.9. The van der Waals surface area contributed by atoms with Crippen LogP contribution < -0.4 is 9.64 Å². The number of ether oxygens (including phenoxy) is 1. The minimum atomic E-state index is -0.732. The van der Waals surface area contributed by atoms with Crippen molar-refractivity contribution in [2.75, 3.05) is 12.0 Å². The Morgan fingerprint density at radius 3 is 2.45 bits per heavy atom. The second-order valence-electron chi connectivity index (χ2n) is 10.1. The molecule has 192 valence electrons. The van der Waals surface area contributed by atoms with Crippen molar-refractivity contribution in [1.29, 1.82) is 0 Å². The third-order valence-corrected chi connectivity index (χ3v) is 8.72. The van der Waals surface area contributed by atoms with E-state index in [1.807, 2.05) is 6.08 Å². The highest BCUT2D eigenvalue weighted by Gasteiger charge is 2.56. The van der Waals surface area contributed by atoms with Crippen LogP contribution in [-0.4, -0.2) is 35.6 Å². The van der Waals surface area contributed by atoms with Gasteiger partial charge >= 0.3 is 0 Å². The number of ketones is 2. The number of rotatable bonds is 3. The molecule has 1 aliphatic heterocycles. The predicted molar refractivity (Wildman–Crippen MR) is 143 cm³/mol. The van der Waals surface area contributed by atoms with Crippen molar-refractivity contribution in [1.82, 2.24) is 0 Å². The molecule has 1 N–H and O–H groups in total. The van der Waals surface area contributed by atoms with Gasteiger partial charge in [-0.05, 0) is 74.2 Å². The Balaban J connectivity index is 1.50. The first kappa shape index (κ1) is 24.6. The summed E-state index contributed by atoms with van der Waals surface area (Å²) < 4.78 is 6.23. The summed E-state index contributed by atoms with van der Waals surface area (Å²) in [6.45, 7) is 1.61. The van der Waals surface area contributed by atoms with Gasteiger partial charge in [-0.1, -0.05) is 27.6 Å². The van der Waals surface area contributed by atoms with E-state index in [0.717, 1.165) is 10.0 Å². The Morgan fingerprint density at radius 1 is 1.00 bits per heavy atom. The van der Waals surface area contributed by atoms with E-state index >= 15 is 0 Å². The molecule has 6 rings (SSSR count). The monoisotopic (exact) mass is 573 g/mol. The molecule has 0 spiro atoms. The molecule has 38 heavy (non-hydrogen) atoms. The number of halogens is 1. The third kappa shape index (κ3) is 3.54. The van der Waals surface area contributed by atoms with E-state index in [4.69, 9.17) is 4.74 Å². The number of carbonyl (C=O) groups excluding carboxylic acids is 4. The van der Waals surface area contributed by atoms with Gasteiger partial charge in [0.1, 0.15) is 11.5 Å². The molecule has 0 bridgehead atoms. The van der Waals surface area contributed by atoms with Crippen molar-refractivity contribution in [2.45, 2.75) is 25.7 Å². The van der Waals surface area contributed by atoms with E-state index in [0.29, 0.717) is 40.1 Å². The molecule has 1 heterocycles. The molecule has 3 aliphatic carbocycles. The van der Waals surface area contributed by atoms with E-state index in [-0.39, 0.29) is 35.6 Å². The standard InChI is InChI=1S/C30H24BrNO6/c1-14-11-24(34)22-13-20-18(25(27(22)28(14)35)21-12-17(38-2)7-10-23(21)33)8-9-19-26(20)30(37)32(29(19)36)16-5-3-15(31)4-6-16/h3-8,10-12,19-20,25-26,33H,9,13H2,1-2H3. The summed E-state index contributed by atoms with van der Waals surface area (Å²) in [5.41, 5.74) is 2.73. The molecule has 0 aromatic heterocycles. The van der Waals surface area contributed by atoms with Crippen molar-refractivity contribution >= 4 is 45.0 Å². The molecular weight excluding hydrogens is 550 g/mol. The summed E-state index contributed by atoms with van der Waals surface area (Å²) in [6.07, 6.45) is 3.79. The number of benzene rings is 2. The van der Waals surface area contributed by atoms with Crippen LogP contribution in [0.25, 0.3) is 0 Å². The highest BCUT2D eigenvalue weighted by molar-refractivity contribution is 9.10. The Kier molecular flexibility index (Phi) is 5.76. The van der Waals surface area contributed by atoms with Gasteiger partial charge in [-0.3, -0.25) is 24.1 Å².